The van der Waals surface area contributed by atoms with Crippen LogP contribution < -0.4 is 5.32 Å². The van der Waals surface area contributed by atoms with Gasteiger partial charge >= 0.3 is 0 Å². The number of hydrogen-bond donors (Lipinski definition) is 1. The van der Waals surface area contributed by atoms with Crippen LogP contribution in [0.15, 0.2) is 0 Å². The molecule has 2 aliphatic heterocycles. The fourth-order valence-corrected chi connectivity index (χ4v) is 3.62. The average Bonchev–Trinajstić information content (AvgIpc) is 2.89. The van der Waals surface area contributed by atoms with Crippen LogP contribution in [0.2, 0.25) is 0 Å². The Morgan fingerprint density at radius 1 is 1.19 bits per heavy atom. The maximum atomic E-state index is 12.6. The molecule has 2 atom stereocenters. The van der Waals surface area contributed by atoms with Crippen molar-refractivity contribution in [3.63, 3.8) is 0 Å². The maximum absolute atomic E-state index is 12.6. The summed E-state index contributed by atoms with van der Waals surface area (Å²) >= 11 is 0. The molecule has 122 valence electrons. The van der Waals surface area contributed by atoms with Gasteiger partial charge in [0.2, 0.25) is 5.91 Å². The second kappa shape index (κ2) is 8.74. The van der Waals surface area contributed by atoms with E-state index in [-0.39, 0.29) is 0 Å². The van der Waals surface area contributed by atoms with Crippen molar-refractivity contribution < 1.29 is 4.79 Å². The van der Waals surface area contributed by atoms with Crippen LogP contribution in [0.5, 0.6) is 0 Å². The summed E-state index contributed by atoms with van der Waals surface area (Å²) < 4.78 is 0. The maximum Gasteiger partial charge on any atom is 0.236 e. The fraction of sp³-hybridized carbons (Fsp3) is 0.941. The monoisotopic (exact) mass is 295 g/mol. The molecule has 2 fully saturated rings. The Bertz CT molecular complexity index is 299. The number of amides is 1. The van der Waals surface area contributed by atoms with E-state index < -0.39 is 0 Å². The predicted molar refractivity (Wildman–Crippen MR) is 87.4 cm³/mol. The molecule has 0 bridgehead atoms. The number of carbonyl (C=O) groups excluding carboxylic acids is 1. The van der Waals surface area contributed by atoms with Crippen LogP contribution in [0, 0.1) is 5.92 Å². The van der Waals surface area contributed by atoms with Gasteiger partial charge in [-0.3, -0.25) is 9.69 Å². The van der Waals surface area contributed by atoms with Crippen molar-refractivity contribution in [3.05, 3.63) is 0 Å². The number of nitrogens with zero attached hydrogens (tertiary/aromatic N) is 2. The molecule has 0 spiro atoms. The summed E-state index contributed by atoms with van der Waals surface area (Å²) in [5.74, 6) is 1.11. The normalized spacial score (nSPS) is 25.8. The average molecular weight is 295 g/mol. The highest BCUT2D eigenvalue weighted by atomic mass is 16.2. The molecule has 21 heavy (non-hydrogen) atoms. The zero-order valence-corrected chi connectivity index (χ0v) is 13.9. The Morgan fingerprint density at radius 2 is 1.90 bits per heavy atom. The van der Waals surface area contributed by atoms with E-state index in [0.717, 1.165) is 64.3 Å². The predicted octanol–water partition coefficient (Wildman–Crippen LogP) is 2.10. The lowest BCUT2D eigenvalue weighted by Crippen LogP contribution is -2.42. The molecule has 1 amide bonds. The van der Waals surface area contributed by atoms with Crippen molar-refractivity contribution in [2.24, 2.45) is 5.92 Å². The van der Waals surface area contributed by atoms with Gasteiger partial charge in [0.15, 0.2) is 0 Å². The lowest BCUT2D eigenvalue weighted by atomic mass is 9.94. The first-order valence-corrected chi connectivity index (χ1v) is 8.98. The highest BCUT2D eigenvalue weighted by molar-refractivity contribution is 5.78. The summed E-state index contributed by atoms with van der Waals surface area (Å²) in [5.41, 5.74) is 0. The number of nitrogens with one attached hydrogen (secondary N) is 1. The van der Waals surface area contributed by atoms with E-state index in [2.05, 4.69) is 29.0 Å². The van der Waals surface area contributed by atoms with Crippen molar-refractivity contribution in [3.8, 4) is 0 Å². The van der Waals surface area contributed by atoms with Crippen molar-refractivity contribution >= 4 is 5.91 Å². The zero-order chi connectivity index (χ0) is 15.1. The molecule has 4 nitrogen and oxygen atoms in total. The summed E-state index contributed by atoms with van der Waals surface area (Å²) in [5, 5.41) is 3.62. The van der Waals surface area contributed by atoms with Gasteiger partial charge in [-0.25, -0.2) is 0 Å². The highest BCUT2D eigenvalue weighted by Crippen LogP contribution is 2.24. The Morgan fingerprint density at radius 3 is 2.52 bits per heavy atom. The number of unbranched alkanes of at least 4 members (excludes halogenated alkanes) is 2. The number of likely N-dealkylation sites (tertiary alicyclic amines) is 1. The standard InChI is InChI=1S/C17H33N3O/c1-3-5-10-20(11-6-4-2)17(21)14-19-12-15-8-7-9-18-16(15)13-19/h15-16,18H,3-14H2,1-2H3. The van der Waals surface area contributed by atoms with Crippen molar-refractivity contribution in [1.29, 1.82) is 0 Å². The SMILES string of the molecule is CCCCN(CCCC)C(=O)CN1CC2CCCNC2C1. The third kappa shape index (κ3) is 4.96. The first-order valence-electron chi connectivity index (χ1n) is 8.98. The number of carbonyl (C=O) groups is 1. The van der Waals surface area contributed by atoms with E-state index in [1.54, 1.807) is 0 Å². The molecular formula is C17H33N3O. The van der Waals surface area contributed by atoms with Crippen molar-refractivity contribution in [1.82, 2.24) is 15.1 Å². The zero-order valence-electron chi connectivity index (χ0n) is 13.9. The topological polar surface area (TPSA) is 35.6 Å². The van der Waals surface area contributed by atoms with Crippen LogP contribution >= 0.6 is 0 Å². The minimum absolute atomic E-state index is 0.343. The Kier molecular flexibility index (Phi) is 6.97. The smallest absolute Gasteiger partial charge is 0.236 e. The first-order chi connectivity index (χ1) is 10.2. The number of piperidine rings is 1. The summed E-state index contributed by atoms with van der Waals surface area (Å²) in [7, 11) is 0. The van der Waals surface area contributed by atoms with E-state index in [1.807, 2.05) is 0 Å². The molecule has 2 heterocycles. The Hall–Kier alpha value is -0.610. The molecule has 0 aromatic rings. The molecule has 2 saturated heterocycles. The van der Waals surface area contributed by atoms with Gasteiger partial charge in [0, 0.05) is 32.2 Å². The number of rotatable bonds is 8. The second-order valence-corrected chi connectivity index (χ2v) is 6.74. The first kappa shape index (κ1) is 16.8. The van der Waals surface area contributed by atoms with Gasteiger partial charge in [0.05, 0.1) is 6.54 Å². The van der Waals surface area contributed by atoms with E-state index in [1.165, 1.54) is 12.8 Å². The van der Waals surface area contributed by atoms with Gasteiger partial charge in [-0.1, -0.05) is 26.7 Å². The van der Waals surface area contributed by atoms with E-state index in [0.29, 0.717) is 18.5 Å². The Balaban J connectivity index is 1.80. The molecular weight excluding hydrogens is 262 g/mol. The van der Waals surface area contributed by atoms with Gasteiger partial charge in [-0.15, -0.1) is 0 Å². The summed E-state index contributed by atoms with van der Waals surface area (Å²) in [6.07, 6.45) is 7.20. The number of fused-ring (bicyclic) bond motifs is 1. The van der Waals surface area contributed by atoms with Crippen LogP contribution in [-0.4, -0.2) is 61.0 Å². The van der Waals surface area contributed by atoms with Crippen LogP contribution in [0.25, 0.3) is 0 Å². The van der Waals surface area contributed by atoms with E-state index in [4.69, 9.17) is 0 Å². The third-order valence-corrected chi connectivity index (χ3v) is 4.95. The molecule has 2 aliphatic rings. The van der Waals surface area contributed by atoms with Gasteiger partial charge in [-0.05, 0) is 38.1 Å². The molecule has 4 heteroatoms. The van der Waals surface area contributed by atoms with E-state index in [9.17, 15) is 4.79 Å². The van der Waals surface area contributed by atoms with Gasteiger partial charge < -0.3 is 10.2 Å². The van der Waals surface area contributed by atoms with Crippen molar-refractivity contribution in [2.45, 2.75) is 58.4 Å². The van der Waals surface area contributed by atoms with Gasteiger partial charge in [0.1, 0.15) is 0 Å². The summed E-state index contributed by atoms with van der Waals surface area (Å²) in [6, 6.07) is 0.631. The van der Waals surface area contributed by atoms with E-state index >= 15 is 0 Å². The summed E-state index contributed by atoms with van der Waals surface area (Å²) in [4.78, 5) is 17.1. The molecule has 0 aromatic heterocycles. The van der Waals surface area contributed by atoms with Crippen LogP contribution in [-0.2, 0) is 4.79 Å². The lowest BCUT2D eigenvalue weighted by molar-refractivity contribution is -0.132. The fourth-order valence-electron chi connectivity index (χ4n) is 3.62. The molecule has 0 aliphatic carbocycles. The molecule has 0 saturated carbocycles. The van der Waals surface area contributed by atoms with Crippen molar-refractivity contribution in [2.75, 3.05) is 39.3 Å². The van der Waals surface area contributed by atoms with Crippen LogP contribution in [0.3, 0.4) is 0 Å². The summed E-state index contributed by atoms with van der Waals surface area (Å²) in [6.45, 7) is 10.2. The Labute approximate surface area is 130 Å². The van der Waals surface area contributed by atoms with Crippen LogP contribution in [0.4, 0.5) is 0 Å². The minimum Gasteiger partial charge on any atom is -0.342 e. The molecule has 0 aromatic carbocycles. The molecule has 2 unspecified atom stereocenters. The third-order valence-electron chi connectivity index (χ3n) is 4.95. The molecule has 1 N–H and O–H groups in total. The quantitative estimate of drug-likeness (QED) is 0.745. The van der Waals surface area contributed by atoms with Gasteiger partial charge in [0.25, 0.3) is 0 Å². The highest BCUT2D eigenvalue weighted by Gasteiger charge is 2.35. The molecule has 0 radical (unpaired) electrons. The molecule has 2 rings (SSSR count). The second-order valence-electron chi connectivity index (χ2n) is 6.74. The lowest BCUT2D eigenvalue weighted by Gasteiger charge is -2.25. The number of hydrogen-bond acceptors (Lipinski definition) is 3. The minimum atomic E-state index is 0.343. The largest absolute Gasteiger partial charge is 0.342 e. The van der Waals surface area contributed by atoms with Gasteiger partial charge in [-0.2, -0.15) is 0 Å². The van der Waals surface area contributed by atoms with Crippen LogP contribution in [0.1, 0.15) is 52.4 Å².